The number of fused-ring (bicyclic) bond motifs is 1. The van der Waals surface area contributed by atoms with Gasteiger partial charge in [-0.3, -0.25) is 9.59 Å². The van der Waals surface area contributed by atoms with Gasteiger partial charge in [0.05, 0.1) is 5.69 Å². The summed E-state index contributed by atoms with van der Waals surface area (Å²) in [5.74, 6) is -0.311. The molecule has 0 aliphatic carbocycles. The molecular weight excluding hydrogens is 286 g/mol. The normalized spacial score (nSPS) is 15.0. The van der Waals surface area contributed by atoms with Crippen molar-refractivity contribution in [3.8, 4) is 0 Å². The van der Waals surface area contributed by atoms with Crippen LogP contribution in [0.3, 0.4) is 0 Å². The van der Waals surface area contributed by atoms with E-state index in [1.807, 2.05) is 30.5 Å². The van der Waals surface area contributed by atoms with Crippen LogP contribution in [0.1, 0.15) is 28.5 Å². The number of amides is 2. The zero-order chi connectivity index (χ0) is 15.0. The van der Waals surface area contributed by atoms with Gasteiger partial charge in [0.15, 0.2) is 5.13 Å². The van der Waals surface area contributed by atoms with E-state index >= 15 is 0 Å². The van der Waals surface area contributed by atoms with E-state index in [9.17, 15) is 9.59 Å². The van der Waals surface area contributed by atoms with Crippen LogP contribution in [-0.4, -0.2) is 27.7 Å². The van der Waals surface area contributed by atoms with Gasteiger partial charge in [-0.15, -0.1) is 11.3 Å². The van der Waals surface area contributed by atoms with Gasteiger partial charge < -0.3 is 10.2 Å². The Kier molecular flexibility index (Phi) is 3.47. The molecule has 1 aliphatic heterocycles. The lowest BCUT2D eigenvalue weighted by Crippen LogP contribution is -2.42. The molecule has 0 saturated heterocycles. The summed E-state index contributed by atoms with van der Waals surface area (Å²) in [7, 11) is 0. The van der Waals surface area contributed by atoms with Crippen molar-refractivity contribution in [2.24, 2.45) is 0 Å². The molecule has 0 bridgehead atoms. The first kappa shape index (κ1) is 13.8. The Morgan fingerprint density at radius 2 is 2.19 bits per heavy atom. The molecule has 2 heterocycles. The van der Waals surface area contributed by atoms with Crippen molar-refractivity contribution < 1.29 is 9.59 Å². The van der Waals surface area contributed by atoms with Crippen LogP contribution in [0.4, 0.5) is 5.13 Å². The third-order valence-electron chi connectivity index (χ3n) is 3.55. The molecule has 21 heavy (non-hydrogen) atoms. The van der Waals surface area contributed by atoms with Gasteiger partial charge in [-0.05, 0) is 25.5 Å². The van der Waals surface area contributed by atoms with E-state index in [1.165, 1.54) is 11.3 Å². The molecule has 0 spiro atoms. The Balaban J connectivity index is 1.73. The molecule has 0 radical (unpaired) electrons. The number of hydrogen-bond acceptors (Lipinski definition) is 4. The molecule has 0 fully saturated rings. The van der Waals surface area contributed by atoms with Crippen LogP contribution in [0.2, 0.25) is 0 Å². The van der Waals surface area contributed by atoms with E-state index in [1.54, 1.807) is 17.9 Å². The zero-order valence-electron chi connectivity index (χ0n) is 11.8. The first-order valence-corrected chi connectivity index (χ1v) is 7.56. The SMILES string of the molecule is Cc1csc(NC(=O)[C@@H](C)N2Cc3ccccc3C2=O)n1. The number of anilines is 1. The second-order valence-corrected chi connectivity index (χ2v) is 5.91. The van der Waals surface area contributed by atoms with Crippen molar-refractivity contribution in [2.45, 2.75) is 26.4 Å². The second-order valence-electron chi connectivity index (χ2n) is 5.05. The maximum Gasteiger partial charge on any atom is 0.255 e. The van der Waals surface area contributed by atoms with Gasteiger partial charge in [0.2, 0.25) is 5.91 Å². The number of aryl methyl sites for hydroxylation is 1. The second kappa shape index (κ2) is 5.29. The van der Waals surface area contributed by atoms with Crippen LogP contribution in [-0.2, 0) is 11.3 Å². The van der Waals surface area contributed by atoms with E-state index in [4.69, 9.17) is 0 Å². The molecule has 5 nitrogen and oxygen atoms in total. The fourth-order valence-electron chi connectivity index (χ4n) is 2.35. The highest BCUT2D eigenvalue weighted by Crippen LogP contribution is 2.25. The van der Waals surface area contributed by atoms with Crippen molar-refractivity contribution in [3.63, 3.8) is 0 Å². The number of thiazole rings is 1. The van der Waals surface area contributed by atoms with Crippen molar-refractivity contribution in [2.75, 3.05) is 5.32 Å². The molecule has 1 aromatic heterocycles. The van der Waals surface area contributed by atoms with Gasteiger partial charge in [-0.2, -0.15) is 0 Å². The van der Waals surface area contributed by atoms with Gasteiger partial charge in [0.1, 0.15) is 6.04 Å². The third-order valence-corrected chi connectivity index (χ3v) is 4.42. The van der Waals surface area contributed by atoms with E-state index < -0.39 is 6.04 Å². The largest absolute Gasteiger partial charge is 0.323 e. The Morgan fingerprint density at radius 3 is 2.86 bits per heavy atom. The summed E-state index contributed by atoms with van der Waals surface area (Å²) in [5.41, 5.74) is 2.52. The number of aromatic nitrogens is 1. The van der Waals surface area contributed by atoms with Crippen LogP contribution in [0, 0.1) is 6.92 Å². The molecular formula is C15H15N3O2S. The maximum atomic E-state index is 12.3. The molecule has 1 atom stereocenters. The van der Waals surface area contributed by atoms with Crippen molar-refractivity contribution in [1.82, 2.24) is 9.88 Å². The molecule has 108 valence electrons. The maximum absolute atomic E-state index is 12.3. The van der Waals surface area contributed by atoms with Gasteiger partial charge in [0.25, 0.3) is 5.91 Å². The molecule has 0 saturated carbocycles. The highest BCUT2D eigenvalue weighted by Gasteiger charge is 2.33. The lowest BCUT2D eigenvalue weighted by atomic mass is 10.1. The lowest BCUT2D eigenvalue weighted by Gasteiger charge is -2.22. The third kappa shape index (κ3) is 2.54. The molecule has 6 heteroatoms. The smallest absolute Gasteiger partial charge is 0.255 e. The minimum atomic E-state index is -0.533. The van der Waals surface area contributed by atoms with Crippen molar-refractivity contribution in [3.05, 3.63) is 46.5 Å². The average Bonchev–Trinajstić information content (AvgIpc) is 3.03. The molecule has 1 aliphatic rings. The number of hydrogen-bond donors (Lipinski definition) is 1. The van der Waals surface area contributed by atoms with E-state index in [0.29, 0.717) is 17.2 Å². The first-order valence-electron chi connectivity index (χ1n) is 6.68. The molecule has 1 aromatic carbocycles. The zero-order valence-corrected chi connectivity index (χ0v) is 12.6. The summed E-state index contributed by atoms with van der Waals surface area (Å²) in [5, 5.41) is 5.20. The fourth-order valence-corrected chi connectivity index (χ4v) is 3.04. The molecule has 3 rings (SSSR count). The van der Waals surface area contributed by atoms with Gasteiger partial charge in [0, 0.05) is 17.5 Å². The number of benzene rings is 1. The van der Waals surface area contributed by atoms with Gasteiger partial charge in [-0.1, -0.05) is 18.2 Å². The lowest BCUT2D eigenvalue weighted by molar-refractivity contribution is -0.120. The summed E-state index contributed by atoms with van der Waals surface area (Å²) in [6.07, 6.45) is 0. The quantitative estimate of drug-likeness (QED) is 0.947. The van der Waals surface area contributed by atoms with Crippen molar-refractivity contribution >= 4 is 28.3 Å². The number of rotatable bonds is 3. The predicted molar refractivity (Wildman–Crippen MR) is 81.3 cm³/mol. The van der Waals surface area contributed by atoms with E-state index in [2.05, 4.69) is 10.3 Å². The first-order chi connectivity index (χ1) is 10.1. The van der Waals surface area contributed by atoms with Gasteiger partial charge in [-0.25, -0.2) is 4.98 Å². The molecule has 2 amide bonds. The summed E-state index contributed by atoms with van der Waals surface area (Å²) < 4.78 is 0. The predicted octanol–water partition coefficient (Wildman–Crippen LogP) is 2.43. The van der Waals surface area contributed by atoms with Crippen molar-refractivity contribution in [1.29, 1.82) is 0 Å². The minimum absolute atomic E-state index is 0.0939. The Bertz CT molecular complexity index is 710. The van der Waals surface area contributed by atoms with Crippen LogP contribution >= 0.6 is 11.3 Å². The van der Waals surface area contributed by atoms with Crippen LogP contribution in [0.5, 0.6) is 0 Å². The summed E-state index contributed by atoms with van der Waals surface area (Å²) in [4.78, 5) is 30.4. The highest BCUT2D eigenvalue weighted by molar-refractivity contribution is 7.13. The average molecular weight is 301 g/mol. The number of carbonyl (C=O) groups is 2. The number of carbonyl (C=O) groups excluding carboxylic acids is 2. The summed E-state index contributed by atoms with van der Waals surface area (Å²) in [6, 6.07) is 6.92. The summed E-state index contributed by atoms with van der Waals surface area (Å²) in [6.45, 7) is 4.08. The molecule has 2 aromatic rings. The number of nitrogens with zero attached hydrogens (tertiary/aromatic N) is 2. The Morgan fingerprint density at radius 1 is 1.43 bits per heavy atom. The standard InChI is InChI=1S/C15H15N3O2S/c1-9-8-21-15(16-9)17-13(19)10(2)18-7-11-5-3-4-6-12(11)14(18)20/h3-6,8,10H,7H2,1-2H3,(H,16,17,19)/t10-/m1/s1. The molecule has 1 N–H and O–H groups in total. The van der Waals surface area contributed by atoms with Crippen LogP contribution < -0.4 is 5.32 Å². The molecule has 0 unspecified atom stereocenters. The van der Waals surface area contributed by atoms with Crippen LogP contribution in [0.25, 0.3) is 0 Å². The van der Waals surface area contributed by atoms with Gasteiger partial charge >= 0.3 is 0 Å². The minimum Gasteiger partial charge on any atom is -0.323 e. The Hall–Kier alpha value is -2.21. The van der Waals surface area contributed by atoms with Crippen LogP contribution in [0.15, 0.2) is 29.6 Å². The monoisotopic (exact) mass is 301 g/mol. The fraction of sp³-hybridized carbons (Fsp3) is 0.267. The Labute approximate surface area is 126 Å². The van der Waals surface area contributed by atoms with E-state index in [-0.39, 0.29) is 11.8 Å². The number of nitrogens with one attached hydrogen (secondary N) is 1. The van der Waals surface area contributed by atoms with E-state index in [0.717, 1.165) is 11.3 Å². The highest BCUT2D eigenvalue weighted by atomic mass is 32.1. The topological polar surface area (TPSA) is 62.3 Å². The summed E-state index contributed by atoms with van der Waals surface area (Å²) >= 11 is 1.38.